The molecule has 0 atom stereocenters. The van der Waals surface area contributed by atoms with Gasteiger partial charge >= 0.3 is 21.7 Å². The van der Waals surface area contributed by atoms with Crippen LogP contribution in [-0.4, -0.2) is 43.8 Å². The van der Waals surface area contributed by atoms with E-state index in [9.17, 15) is 20.4 Å². The standard InChI is InChI=1S/4C4H9O.3C2H5.Al.Ti/c4*1-2-3-4-5;3*1-2;;/h4*2-4H2,1H3;3*1H2,2H3;;/q7*-1;;+4. The molecule has 6 heteroatoms. The van der Waals surface area contributed by atoms with Crippen molar-refractivity contribution in [3.63, 3.8) is 0 Å². The molecule has 28 heavy (non-hydrogen) atoms. The van der Waals surface area contributed by atoms with Crippen LogP contribution in [0.15, 0.2) is 0 Å². The summed E-state index contributed by atoms with van der Waals surface area (Å²) in [6, 6.07) is 0. The summed E-state index contributed by atoms with van der Waals surface area (Å²) in [5, 5.41) is 38.1. The summed E-state index contributed by atoms with van der Waals surface area (Å²) >= 11 is 0. The second kappa shape index (κ2) is 120. The van der Waals surface area contributed by atoms with Gasteiger partial charge in [0.25, 0.3) is 0 Å². The van der Waals surface area contributed by atoms with Gasteiger partial charge in [-0.25, -0.2) is 0 Å². The topological polar surface area (TPSA) is 92.2 Å². The molecular weight excluding hydrogens is 403 g/mol. The van der Waals surface area contributed by atoms with Gasteiger partial charge in [0.2, 0.25) is 0 Å². The van der Waals surface area contributed by atoms with E-state index in [-0.39, 0.29) is 65.5 Å². The van der Waals surface area contributed by atoms with Crippen LogP contribution in [0.4, 0.5) is 0 Å². The van der Waals surface area contributed by atoms with Crippen LogP contribution in [0.2, 0.25) is 0 Å². The Hall–Kier alpha value is 1.09. The predicted octanol–water partition coefficient (Wildman–Crippen LogP) is 2.73. The molecule has 3 radical (unpaired) electrons. The Morgan fingerprint density at radius 3 is 0.536 bits per heavy atom. The van der Waals surface area contributed by atoms with Gasteiger partial charge in [0.15, 0.2) is 0 Å². The summed E-state index contributed by atoms with van der Waals surface area (Å²) in [5.41, 5.74) is 0. The zero-order valence-electron chi connectivity index (χ0n) is 20.3. The third-order valence-corrected chi connectivity index (χ3v) is 1.99. The maximum absolute atomic E-state index is 9.53. The van der Waals surface area contributed by atoms with Crippen LogP contribution in [0, 0.1) is 20.8 Å². The van der Waals surface area contributed by atoms with E-state index >= 15 is 0 Å². The smallest absolute Gasteiger partial charge is 0.854 e. The molecule has 173 valence electrons. The molecule has 0 bridgehead atoms. The summed E-state index contributed by atoms with van der Waals surface area (Å²) < 4.78 is 0. The minimum Gasteiger partial charge on any atom is -0.854 e. The van der Waals surface area contributed by atoms with E-state index in [2.05, 4.69) is 20.8 Å². The molecule has 0 aliphatic rings. The van der Waals surface area contributed by atoms with Crippen LogP contribution in [0.1, 0.15) is 99.8 Å². The Morgan fingerprint density at radius 1 is 0.429 bits per heavy atom. The number of hydrogen-bond donors (Lipinski definition) is 0. The van der Waals surface area contributed by atoms with Gasteiger partial charge in [-0.2, -0.15) is 20.8 Å². The Bertz CT molecular complexity index is 82.5. The zero-order valence-corrected chi connectivity index (χ0v) is 23.0. The second-order valence-electron chi connectivity index (χ2n) is 4.23. The third kappa shape index (κ3) is 223. The van der Waals surface area contributed by atoms with Crippen LogP contribution in [0.25, 0.3) is 0 Å². The first-order chi connectivity index (χ1) is 12.7. The van der Waals surface area contributed by atoms with Crippen molar-refractivity contribution in [2.75, 3.05) is 26.4 Å². The van der Waals surface area contributed by atoms with Gasteiger partial charge in [0.05, 0.1) is 0 Å². The van der Waals surface area contributed by atoms with Crippen LogP contribution < -0.4 is 20.4 Å². The summed E-state index contributed by atoms with van der Waals surface area (Å²) in [6.45, 7) is 23.4. The zero-order chi connectivity index (χ0) is 22.5. The van der Waals surface area contributed by atoms with Crippen LogP contribution >= 0.6 is 0 Å². The molecule has 0 amide bonds. The molecule has 0 aromatic carbocycles. The summed E-state index contributed by atoms with van der Waals surface area (Å²) in [6.07, 6.45) is 7.46. The van der Waals surface area contributed by atoms with Gasteiger partial charge in [-0.3, -0.25) is 0 Å². The minimum atomic E-state index is 0. The first-order valence-corrected chi connectivity index (χ1v) is 10.1. The summed E-state index contributed by atoms with van der Waals surface area (Å²) in [4.78, 5) is 0. The molecule has 0 rings (SSSR count). The SMILES string of the molecule is CCCC[O-].CCCC[O-].CCCC[O-].CCCC[O-].[Al].[CH2-]C.[CH2-]C.[CH2-]C.[Ti+4]. The van der Waals surface area contributed by atoms with Gasteiger partial charge in [-0.15, -0.1) is 26.4 Å². The molecular formula is C22H51AlO4Ti-3. The van der Waals surface area contributed by atoms with Crippen LogP contribution in [0.3, 0.4) is 0 Å². The number of rotatable bonds is 8. The van der Waals surface area contributed by atoms with Crippen molar-refractivity contribution in [1.82, 2.24) is 0 Å². The summed E-state index contributed by atoms with van der Waals surface area (Å²) in [7, 11) is 0. The molecule has 0 aliphatic heterocycles. The van der Waals surface area contributed by atoms with Gasteiger partial charge in [-0.1, -0.05) is 79.1 Å². The Kier molecular flexibility index (Phi) is 244. The van der Waals surface area contributed by atoms with Gasteiger partial charge < -0.3 is 41.2 Å². The van der Waals surface area contributed by atoms with Crippen molar-refractivity contribution in [2.24, 2.45) is 0 Å². The van der Waals surface area contributed by atoms with Gasteiger partial charge in [0, 0.05) is 17.4 Å². The average molecular weight is 454 g/mol. The molecule has 0 N–H and O–H groups in total. The van der Waals surface area contributed by atoms with E-state index in [1.165, 1.54) is 0 Å². The first kappa shape index (κ1) is 56.9. The predicted molar refractivity (Wildman–Crippen MR) is 118 cm³/mol. The minimum absolute atomic E-state index is 0. The number of unbranched alkanes of at least 4 members (excludes halogenated alkanes) is 4. The molecule has 4 nitrogen and oxygen atoms in total. The molecule has 0 saturated heterocycles. The Balaban J connectivity index is -0.0000000220. The molecule has 0 aliphatic carbocycles. The van der Waals surface area contributed by atoms with Crippen molar-refractivity contribution in [3.8, 4) is 0 Å². The first-order valence-electron chi connectivity index (χ1n) is 10.1. The van der Waals surface area contributed by atoms with Crippen molar-refractivity contribution in [3.05, 3.63) is 20.8 Å². The van der Waals surface area contributed by atoms with Crippen molar-refractivity contribution < 1.29 is 42.1 Å². The molecule has 0 heterocycles. The van der Waals surface area contributed by atoms with E-state index in [1.54, 1.807) is 20.8 Å². The fourth-order valence-electron chi connectivity index (χ4n) is 0.577. The largest absolute Gasteiger partial charge is 4.00 e. The van der Waals surface area contributed by atoms with Crippen LogP contribution in [-0.2, 0) is 21.7 Å². The quantitative estimate of drug-likeness (QED) is 0.416. The molecule has 0 spiro atoms. The monoisotopic (exact) mass is 454 g/mol. The maximum atomic E-state index is 9.53. The maximum Gasteiger partial charge on any atom is 4.00 e. The molecule has 0 aromatic heterocycles. The van der Waals surface area contributed by atoms with Crippen molar-refractivity contribution in [2.45, 2.75) is 99.8 Å². The molecule has 0 aromatic rings. The number of hydrogen-bond acceptors (Lipinski definition) is 4. The molecule has 0 saturated carbocycles. The van der Waals surface area contributed by atoms with E-state index in [1.807, 2.05) is 27.7 Å². The van der Waals surface area contributed by atoms with Crippen molar-refractivity contribution >= 4 is 17.4 Å². The van der Waals surface area contributed by atoms with Gasteiger partial charge in [-0.05, 0) is 0 Å². The average Bonchev–Trinajstić information content (AvgIpc) is 2.71. The van der Waals surface area contributed by atoms with E-state index in [0.29, 0.717) is 0 Å². The Labute approximate surface area is 205 Å². The van der Waals surface area contributed by atoms with Crippen molar-refractivity contribution in [1.29, 1.82) is 0 Å². The van der Waals surface area contributed by atoms with E-state index < -0.39 is 0 Å². The molecule has 0 unspecified atom stereocenters. The fourth-order valence-corrected chi connectivity index (χ4v) is 0.577. The second-order valence-corrected chi connectivity index (χ2v) is 4.23. The van der Waals surface area contributed by atoms with E-state index in [4.69, 9.17) is 0 Å². The third-order valence-electron chi connectivity index (χ3n) is 1.99. The van der Waals surface area contributed by atoms with E-state index in [0.717, 1.165) is 51.4 Å². The fraction of sp³-hybridized carbons (Fsp3) is 0.864. The molecule has 0 fully saturated rings. The summed E-state index contributed by atoms with van der Waals surface area (Å²) in [5.74, 6) is 0. The Morgan fingerprint density at radius 2 is 0.536 bits per heavy atom. The normalized spacial score (nSPS) is 6.64. The van der Waals surface area contributed by atoms with Crippen LogP contribution in [0.5, 0.6) is 0 Å². The van der Waals surface area contributed by atoms with Gasteiger partial charge in [0.1, 0.15) is 0 Å².